The summed E-state index contributed by atoms with van der Waals surface area (Å²) in [6, 6.07) is 9.21. The quantitative estimate of drug-likeness (QED) is 0.290. The molecule has 2 aromatic rings. The Labute approximate surface area is 156 Å². The second-order valence-corrected chi connectivity index (χ2v) is 5.67. The molecule has 0 heterocycles. The molecular formula is C19H15F5O4. The Balaban J connectivity index is 1.76. The molecular weight excluding hydrogens is 387 g/mol. The highest BCUT2D eigenvalue weighted by atomic mass is 19.2. The monoisotopic (exact) mass is 402 g/mol. The minimum atomic E-state index is -2.30. The van der Waals surface area contributed by atoms with Crippen LogP contribution in [0.25, 0.3) is 0 Å². The van der Waals surface area contributed by atoms with Gasteiger partial charge in [0.05, 0.1) is 25.0 Å². The number of ether oxygens (including phenoxy) is 2. The highest BCUT2D eigenvalue weighted by Crippen LogP contribution is 2.23. The molecule has 4 nitrogen and oxygen atoms in total. The molecule has 0 atom stereocenters. The van der Waals surface area contributed by atoms with Gasteiger partial charge < -0.3 is 9.47 Å². The fourth-order valence-corrected chi connectivity index (χ4v) is 2.21. The summed E-state index contributed by atoms with van der Waals surface area (Å²) in [6.45, 7) is -1.06. The molecule has 150 valence electrons. The standard InChI is InChI=1S/C19H15F5O4/c20-15-12(16(21)18(23)19(24)17(15)22)10-28-14(26)7-6-13(25)27-9-8-11-4-2-1-3-5-11/h1-5H,6-10H2. The van der Waals surface area contributed by atoms with E-state index in [1.807, 2.05) is 30.3 Å². The van der Waals surface area contributed by atoms with Crippen molar-refractivity contribution < 1.29 is 41.0 Å². The number of hydrogen-bond donors (Lipinski definition) is 0. The SMILES string of the molecule is O=C(CCC(=O)OCc1c(F)c(F)c(F)c(F)c1F)OCCc1ccccc1. The van der Waals surface area contributed by atoms with Gasteiger partial charge in [0.15, 0.2) is 23.3 Å². The Kier molecular flexibility index (Phi) is 7.48. The Morgan fingerprint density at radius 1 is 0.714 bits per heavy atom. The normalized spacial score (nSPS) is 10.6. The smallest absolute Gasteiger partial charge is 0.306 e. The van der Waals surface area contributed by atoms with Crippen LogP contribution in [0.4, 0.5) is 22.0 Å². The molecule has 2 rings (SSSR count). The Morgan fingerprint density at radius 3 is 1.79 bits per heavy atom. The maximum absolute atomic E-state index is 13.5. The molecule has 0 aromatic heterocycles. The first-order valence-electron chi connectivity index (χ1n) is 8.16. The third-order valence-corrected chi connectivity index (χ3v) is 3.71. The first kappa shape index (κ1) is 21.3. The average molecular weight is 402 g/mol. The predicted molar refractivity (Wildman–Crippen MR) is 86.4 cm³/mol. The molecule has 9 heteroatoms. The largest absolute Gasteiger partial charge is 0.465 e. The summed E-state index contributed by atoms with van der Waals surface area (Å²) >= 11 is 0. The molecule has 0 saturated carbocycles. The molecule has 0 aliphatic rings. The van der Waals surface area contributed by atoms with Gasteiger partial charge in [0.2, 0.25) is 5.82 Å². The summed E-state index contributed by atoms with van der Waals surface area (Å²) in [5, 5.41) is 0. The fraction of sp³-hybridized carbons (Fsp3) is 0.263. The molecule has 0 amide bonds. The van der Waals surface area contributed by atoms with Crippen molar-refractivity contribution in [3.05, 3.63) is 70.5 Å². The topological polar surface area (TPSA) is 52.6 Å². The van der Waals surface area contributed by atoms with Gasteiger partial charge in [0, 0.05) is 6.42 Å². The molecule has 0 aliphatic heterocycles. The molecule has 2 aromatic carbocycles. The van der Waals surface area contributed by atoms with E-state index in [0.717, 1.165) is 5.56 Å². The molecule has 0 aliphatic carbocycles. The van der Waals surface area contributed by atoms with Crippen molar-refractivity contribution >= 4 is 11.9 Å². The zero-order valence-electron chi connectivity index (χ0n) is 14.4. The van der Waals surface area contributed by atoms with E-state index < -0.39 is 59.6 Å². The fourth-order valence-electron chi connectivity index (χ4n) is 2.21. The molecule has 0 bridgehead atoms. The number of carbonyl (C=O) groups excluding carboxylic acids is 2. The van der Waals surface area contributed by atoms with Crippen molar-refractivity contribution in [2.45, 2.75) is 25.9 Å². The Morgan fingerprint density at radius 2 is 1.21 bits per heavy atom. The minimum Gasteiger partial charge on any atom is -0.465 e. The molecule has 0 spiro atoms. The second-order valence-electron chi connectivity index (χ2n) is 5.67. The zero-order chi connectivity index (χ0) is 20.7. The van der Waals surface area contributed by atoms with E-state index in [2.05, 4.69) is 4.74 Å². The van der Waals surface area contributed by atoms with Crippen LogP contribution in [-0.2, 0) is 32.1 Å². The van der Waals surface area contributed by atoms with Crippen molar-refractivity contribution in [3.8, 4) is 0 Å². The van der Waals surface area contributed by atoms with E-state index >= 15 is 0 Å². The van der Waals surface area contributed by atoms with Crippen LogP contribution in [0.15, 0.2) is 30.3 Å². The summed E-state index contributed by atoms with van der Waals surface area (Å²) in [5.74, 6) is -12.5. The van der Waals surface area contributed by atoms with Gasteiger partial charge in [-0.05, 0) is 5.56 Å². The third kappa shape index (κ3) is 5.51. The lowest BCUT2D eigenvalue weighted by atomic mass is 10.2. The molecule has 0 N–H and O–H groups in total. The number of hydrogen-bond acceptors (Lipinski definition) is 4. The molecule has 0 radical (unpaired) electrons. The number of benzene rings is 2. The highest BCUT2D eigenvalue weighted by Gasteiger charge is 2.26. The summed E-state index contributed by atoms with van der Waals surface area (Å²) in [7, 11) is 0. The van der Waals surface area contributed by atoms with Gasteiger partial charge in [-0.2, -0.15) is 0 Å². The van der Waals surface area contributed by atoms with Crippen molar-refractivity contribution in [1.82, 2.24) is 0 Å². The summed E-state index contributed by atoms with van der Waals surface area (Å²) in [4.78, 5) is 23.1. The van der Waals surface area contributed by atoms with Crippen LogP contribution >= 0.6 is 0 Å². The maximum atomic E-state index is 13.5. The minimum absolute atomic E-state index is 0.0997. The number of carbonyl (C=O) groups is 2. The van der Waals surface area contributed by atoms with Crippen LogP contribution in [0, 0.1) is 29.1 Å². The third-order valence-electron chi connectivity index (χ3n) is 3.71. The lowest BCUT2D eigenvalue weighted by molar-refractivity contribution is -0.151. The van der Waals surface area contributed by atoms with E-state index in [0.29, 0.717) is 6.42 Å². The van der Waals surface area contributed by atoms with E-state index in [1.165, 1.54) is 0 Å². The zero-order valence-corrected chi connectivity index (χ0v) is 14.4. The first-order chi connectivity index (χ1) is 13.3. The second kappa shape index (κ2) is 9.82. The van der Waals surface area contributed by atoms with Gasteiger partial charge in [-0.3, -0.25) is 9.59 Å². The lowest BCUT2D eigenvalue weighted by Crippen LogP contribution is -2.14. The van der Waals surface area contributed by atoms with Crippen LogP contribution in [0.2, 0.25) is 0 Å². The van der Waals surface area contributed by atoms with E-state index in [1.54, 1.807) is 0 Å². The van der Waals surface area contributed by atoms with Gasteiger partial charge in [0.25, 0.3) is 0 Å². The average Bonchev–Trinajstić information content (AvgIpc) is 2.70. The first-order valence-corrected chi connectivity index (χ1v) is 8.16. The van der Waals surface area contributed by atoms with Crippen molar-refractivity contribution in [1.29, 1.82) is 0 Å². The molecule has 0 unspecified atom stereocenters. The van der Waals surface area contributed by atoms with Gasteiger partial charge in [0.1, 0.15) is 6.61 Å². The van der Waals surface area contributed by atoms with E-state index in [9.17, 15) is 31.5 Å². The maximum Gasteiger partial charge on any atom is 0.306 e. The molecule has 28 heavy (non-hydrogen) atoms. The Hall–Kier alpha value is -2.97. The van der Waals surface area contributed by atoms with Crippen molar-refractivity contribution in [2.75, 3.05) is 6.61 Å². The van der Waals surface area contributed by atoms with Crippen molar-refractivity contribution in [3.63, 3.8) is 0 Å². The highest BCUT2D eigenvalue weighted by molar-refractivity contribution is 5.77. The van der Waals surface area contributed by atoms with Crippen LogP contribution < -0.4 is 0 Å². The number of rotatable bonds is 8. The van der Waals surface area contributed by atoms with Crippen molar-refractivity contribution in [2.24, 2.45) is 0 Å². The van der Waals surface area contributed by atoms with Gasteiger partial charge >= 0.3 is 11.9 Å². The lowest BCUT2D eigenvalue weighted by Gasteiger charge is -2.09. The van der Waals surface area contributed by atoms with E-state index in [4.69, 9.17) is 4.74 Å². The summed E-state index contributed by atoms with van der Waals surface area (Å²) in [5.41, 5.74) is -0.312. The van der Waals surface area contributed by atoms with Crippen LogP contribution in [0.5, 0.6) is 0 Å². The van der Waals surface area contributed by atoms with E-state index in [-0.39, 0.29) is 13.0 Å². The van der Waals surface area contributed by atoms with Crippen LogP contribution in [-0.4, -0.2) is 18.5 Å². The molecule has 0 saturated heterocycles. The summed E-state index contributed by atoms with van der Waals surface area (Å²) < 4.78 is 75.4. The molecule has 0 fully saturated rings. The Bertz CT molecular complexity index is 826. The van der Waals surface area contributed by atoms with Crippen LogP contribution in [0.3, 0.4) is 0 Å². The summed E-state index contributed by atoms with van der Waals surface area (Å²) in [6.07, 6.45) is -0.346. The predicted octanol–water partition coefficient (Wildman–Crippen LogP) is 3.99. The number of halogens is 5. The van der Waals surface area contributed by atoms with Gasteiger partial charge in [-0.15, -0.1) is 0 Å². The van der Waals surface area contributed by atoms with Gasteiger partial charge in [-0.1, -0.05) is 30.3 Å². The van der Waals surface area contributed by atoms with Gasteiger partial charge in [-0.25, -0.2) is 22.0 Å². The number of esters is 2. The van der Waals surface area contributed by atoms with Crippen LogP contribution in [0.1, 0.15) is 24.0 Å².